The monoisotopic (exact) mass is 1250 g/mol. The first-order chi connectivity index (χ1) is 43.3. The number of unbranched alkanes of at least 4 members (excludes halogenated alkanes) is 63. The zero-order chi connectivity index (χ0) is 63.5. The summed E-state index contributed by atoms with van der Waals surface area (Å²) in [6.45, 7) is 3.92. The Hall–Kier alpha value is -0.810. The molecular weight excluding hydrogens is 1090 g/mol. The molecule has 0 aliphatic carbocycles. The summed E-state index contributed by atoms with van der Waals surface area (Å²) >= 11 is 0. The van der Waals surface area contributed by atoms with Gasteiger partial charge >= 0.3 is 0 Å². The van der Waals surface area contributed by atoms with E-state index in [1.165, 1.54) is 379 Å². The molecule has 0 aromatic rings. The molecule has 526 valence electrons. The van der Waals surface area contributed by atoms with Gasteiger partial charge in [-0.25, -0.2) is 0 Å². The highest BCUT2D eigenvalue weighted by Gasteiger charge is 2.44. The fraction of sp³-hybridized carbons (Fsp3) is 0.987. The van der Waals surface area contributed by atoms with Crippen LogP contribution in [-0.2, 0) is 14.3 Å². The van der Waals surface area contributed by atoms with Gasteiger partial charge in [-0.05, 0) is 12.8 Å². The zero-order valence-electron chi connectivity index (χ0n) is 59.3. The summed E-state index contributed by atoms with van der Waals surface area (Å²) in [5.41, 5.74) is 0. The highest BCUT2D eigenvalue weighted by molar-refractivity contribution is 5.76. The van der Waals surface area contributed by atoms with Crippen LogP contribution < -0.4 is 5.32 Å². The van der Waals surface area contributed by atoms with Gasteiger partial charge in [-0.15, -0.1) is 0 Å². The number of nitrogens with one attached hydrogen (secondary N) is 1. The first-order valence-electron chi connectivity index (χ1n) is 40.2. The van der Waals surface area contributed by atoms with Crippen LogP contribution in [0.1, 0.15) is 444 Å². The summed E-state index contributed by atoms with van der Waals surface area (Å²) in [5.74, 6) is -0.131. The summed E-state index contributed by atoms with van der Waals surface area (Å²) in [6.07, 6.45) is 82.2. The van der Waals surface area contributed by atoms with Gasteiger partial charge in [0.25, 0.3) is 0 Å². The van der Waals surface area contributed by atoms with Crippen LogP contribution in [0.25, 0.3) is 0 Å². The van der Waals surface area contributed by atoms with Crippen molar-refractivity contribution in [2.45, 2.75) is 487 Å². The molecule has 1 fully saturated rings. The maximum Gasteiger partial charge on any atom is 0.220 e. The van der Waals surface area contributed by atoms with Gasteiger partial charge in [0.15, 0.2) is 6.29 Å². The average Bonchev–Trinajstić information content (AvgIpc) is 3.65. The summed E-state index contributed by atoms with van der Waals surface area (Å²) < 4.78 is 11.4. The van der Waals surface area contributed by atoms with E-state index in [1.807, 2.05) is 0 Å². The van der Waals surface area contributed by atoms with Crippen molar-refractivity contribution in [2.24, 2.45) is 0 Å². The third kappa shape index (κ3) is 56.7. The molecule has 1 saturated heterocycles. The predicted molar refractivity (Wildman–Crippen MR) is 378 cm³/mol. The van der Waals surface area contributed by atoms with Crippen molar-refractivity contribution in [3.63, 3.8) is 0 Å². The van der Waals surface area contributed by atoms with Gasteiger partial charge in [0.1, 0.15) is 24.4 Å². The molecule has 1 amide bonds. The molecule has 0 radical (unpaired) electrons. The molecule has 0 aromatic heterocycles. The highest BCUT2D eigenvalue weighted by atomic mass is 16.7. The first-order valence-corrected chi connectivity index (χ1v) is 40.2. The number of amides is 1. The Morgan fingerprint density at radius 1 is 0.341 bits per heavy atom. The lowest BCUT2D eigenvalue weighted by Gasteiger charge is -2.40. The molecule has 0 aromatic carbocycles. The highest BCUT2D eigenvalue weighted by Crippen LogP contribution is 2.25. The molecule has 9 nitrogen and oxygen atoms in total. The molecule has 7 unspecified atom stereocenters. The lowest BCUT2D eigenvalue weighted by molar-refractivity contribution is -0.302. The zero-order valence-corrected chi connectivity index (χ0v) is 59.3. The molecule has 88 heavy (non-hydrogen) atoms. The van der Waals surface area contributed by atoms with Crippen LogP contribution in [-0.4, -0.2) is 87.5 Å². The van der Waals surface area contributed by atoms with Crippen LogP contribution in [0.3, 0.4) is 0 Å². The molecule has 0 bridgehead atoms. The van der Waals surface area contributed by atoms with Crippen molar-refractivity contribution in [1.82, 2.24) is 5.32 Å². The minimum absolute atomic E-state index is 0.130. The fourth-order valence-electron chi connectivity index (χ4n) is 13.7. The lowest BCUT2D eigenvalue weighted by atomic mass is 9.99. The Labute approximate surface area is 548 Å². The second-order valence-electron chi connectivity index (χ2n) is 28.6. The molecule has 1 aliphatic heterocycles. The van der Waals surface area contributed by atoms with E-state index in [0.717, 1.165) is 38.5 Å². The van der Waals surface area contributed by atoms with E-state index in [4.69, 9.17) is 9.47 Å². The van der Waals surface area contributed by atoms with Crippen LogP contribution in [0.4, 0.5) is 0 Å². The van der Waals surface area contributed by atoms with Crippen LogP contribution in [0.2, 0.25) is 0 Å². The Morgan fingerprint density at radius 3 is 0.807 bits per heavy atom. The molecule has 0 saturated carbocycles. The molecular formula is C79H157NO8. The fourth-order valence-corrected chi connectivity index (χ4v) is 13.7. The second kappa shape index (κ2) is 69.0. The minimum atomic E-state index is -1.55. The predicted octanol–water partition coefficient (Wildman–Crippen LogP) is 22.8. The van der Waals surface area contributed by atoms with Gasteiger partial charge in [-0.1, -0.05) is 425 Å². The number of ether oxygens (including phenoxy) is 2. The molecule has 1 aliphatic rings. The van der Waals surface area contributed by atoms with E-state index in [2.05, 4.69) is 19.2 Å². The van der Waals surface area contributed by atoms with Crippen molar-refractivity contribution in [3.8, 4) is 0 Å². The molecule has 9 heteroatoms. The maximum absolute atomic E-state index is 13.2. The van der Waals surface area contributed by atoms with Gasteiger partial charge in [0.05, 0.1) is 25.4 Å². The van der Waals surface area contributed by atoms with Gasteiger partial charge in [-0.3, -0.25) is 4.79 Å². The number of rotatable bonds is 73. The molecule has 1 rings (SSSR count). The minimum Gasteiger partial charge on any atom is -0.394 e. The summed E-state index contributed by atoms with van der Waals surface area (Å²) in [7, 11) is 0. The van der Waals surface area contributed by atoms with Gasteiger partial charge in [0, 0.05) is 6.42 Å². The summed E-state index contributed by atoms with van der Waals surface area (Å²) in [4.78, 5) is 13.2. The van der Waals surface area contributed by atoms with Gasteiger partial charge in [0.2, 0.25) is 5.91 Å². The van der Waals surface area contributed by atoms with E-state index < -0.39 is 49.5 Å². The van der Waals surface area contributed by atoms with E-state index >= 15 is 0 Å². The third-order valence-corrected chi connectivity index (χ3v) is 20.0. The standard InChI is InChI=1S/C79H157NO8/c1-3-5-7-9-11-13-15-17-19-21-23-25-27-29-31-33-35-37-39-41-43-45-47-49-51-53-55-57-59-61-63-65-67-69-75(83)80-72(71-87-79-78(86)77(85)76(84)74(70-81)88-79)73(82)68-66-64-62-60-58-56-54-52-50-48-46-44-42-40-38-36-34-32-30-28-26-24-22-20-18-16-14-12-10-8-6-4-2/h72-74,76-79,81-82,84-86H,3-71H2,1-2H3,(H,80,83). The summed E-state index contributed by atoms with van der Waals surface area (Å²) in [6, 6.07) is -0.716. The quantitative estimate of drug-likeness (QED) is 0.0330. The maximum atomic E-state index is 13.2. The van der Waals surface area contributed by atoms with Crippen LogP contribution in [0.15, 0.2) is 0 Å². The first kappa shape index (κ1) is 85.2. The Kier molecular flexibility index (Phi) is 66.8. The normalized spacial score (nSPS) is 17.7. The third-order valence-electron chi connectivity index (χ3n) is 20.0. The van der Waals surface area contributed by atoms with E-state index in [-0.39, 0.29) is 12.5 Å². The van der Waals surface area contributed by atoms with Gasteiger partial charge in [-0.2, -0.15) is 0 Å². The molecule has 6 N–H and O–H groups in total. The second-order valence-corrected chi connectivity index (χ2v) is 28.6. The van der Waals surface area contributed by atoms with Crippen molar-refractivity contribution in [2.75, 3.05) is 13.2 Å². The Balaban J connectivity index is 2.04. The van der Waals surface area contributed by atoms with Crippen molar-refractivity contribution in [1.29, 1.82) is 0 Å². The van der Waals surface area contributed by atoms with Crippen LogP contribution >= 0.6 is 0 Å². The Bertz CT molecular complexity index is 1350. The average molecular weight is 1250 g/mol. The van der Waals surface area contributed by atoms with Crippen LogP contribution in [0, 0.1) is 0 Å². The van der Waals surface area contributed by atoms with Crippen LogP contribution in [0.5, 0.6) is 0 Å². The van der Waals surface area contributed by atoms with E-state index in [9.17, 15) is 30.3 Å². The smallest absolute Gasteiger partial charge is 0.220 e. The van der Waals surface area contributed by atoms with Crippen molar-refractivity contribution < 1.29 is 39.8 Å². The number of aliphatic hydroxyl groups excluding tert-OH is 5. The van der Waals surface area contributed by atoms with Crippen molar-refractivity contribution in [3.05, 3.63) is 0 Å². The number of hydrogen-bond acceptors (Lipinski definition) is 8. The number of aliphatic hydroxyl groups is 5. The largest absolute Gasteiger partial charge is 0.394 e. The summed E-state index contributed by atoms with van der Waals surface area (Å²) in [5, 5.41) is 55.1. The topological polar surface area (TPSA) is 149 Å². The number of carbonyl (C=O) groups is 1. The van der Waals surface area contributed by atoms with Gasteiger partial charge < -0.3 is 40.3 Å². The molecule has 7 atom stereocenters. The lowest BCUT2D eigenvalue weighted by Crippen LogP contribution is -2.60. The molecule has 0 spiro atoms. The number of hydrogen-bond donors (Lipinski definition) is 6. The SMILES string of the molecule is CCCCCCCCCCCCCCCCCCCCCCCCCCCCCCCCCCCC(=O)NC(COC1OC(CO)C(O)C(O)C1O)C(O)CCCCCCCCCCCCCCCCCCCCCCCCCCCCCCCCCC. The van der Waals surface area contributed by atoms with Crippen molar-refractivity contribution >= 4 is 5.91 Å². The Morgan fingerprint density at radius 2 is 0.568 bits per heavy atom. The van der Waals surface area contributed by atoms with E-state index in [1.54, 1.807) is 0 Å². The molecule has 1 heterocycles. The van der Waals surface area contributed by atoms with E-state index in [0.29, 0.717) is 12.8 Å². The number of carbonyl (C=O) groups excluding carboxylic acids is 1.